The fraction of sp³-hybridized carbons (Fsp3) is 0.333. The summed E-state index contributed by atoms with van der Waals surface area (Å²) in [7, 11) is 0. The van der Waals surface area contributed by atoms with Gasteiger partial charge in [-0.3, -0.25) is 0 Å². The molecule has 0 heterocycles. The molecule has 0 aliphatic rings. The van der Waals surface area contributed by atoms with Crippen LogP contribution in [0.2, 0.25) is 0 Å². The summed E-state index contributed by atoms with van der Waals surface area (Å²) in [6.45, 7) is 9.78. The van der Waals surface area contributed by atoms with Gasteiger partial charge < -0.3 is 4.74 Å². The molecule has 0 bridgehead atoms. The van der Waals surface area contributed by atoms with Crippen molar-refractivity contribution in [2.24, 2.45) is 0 Å². The van der Waals surface area contributed by atoms with Crippen molar-refractivity contribution < 1.29 is 9.13 Å². The quantitative estimate of drug-likeness (QED) is 0.670. The molecule has 14 heavy (non-hydrogen) atoms. The van der Waals surface area contributed by atoms with E-state index >= 15 is 0 Å². The first-order chi connectivity index (χ1) is 6.56. The van der Waals surface area contributed by atoms with Gasteiger partial charge in [-0.1, -0.05) is 12.6 Å². The van der Waals surface area contributed by atoms with Gasteiger partial charge in [0.05, 0.1) is 12.2 Å². The molecule has 1 nitrogen and oxygen atoms in total. The van der Waals surface area contributed by atoms with Gasteiger partial charge in [0.25, 0.3) is 0 Å². The van der Waals surface area contributed by atoms with Gasteiger partial charge in [-0.2, -0.15) is 0 Å². The third-order valence-electron chi connectivity index (χ3n) is 2.03. The number of rotatable bonds is 3. The van der Waals surface area contributed by atoms with E-state index in [0.717, 1.165) is 11.1 Å². The lowest BCUT2D eigenvalue weighted by molar-refractivity contribution is 0.297. The van der Waals surface area contributed by atoms with E-state index in [1.165, 1.54) is 6.07 Å². The van der Waals surface area contributed by atoms with Crippen molar-refractivity contribution in [1.29, 1.82) is 0 Å². The van der Waals surface area contributed by atoms with E-state index < -0.39 is 0 Å². The van der Waals surface area contributed by atoms with E-state index in [1.807, 2.05) is 26.8 Å². The lowest BCUT2D eigenvalue weighted by Gasteiger charge is -2.11. The van der Waals surface area contributed by atoms with Gasteiger partial charge in [-0.05, 0) is 38.0 Å². The van der Waals surface area contributed by atoms with Crippen LogP contribution < -0.4 is 0 Å². The lowest BCUT2D eigenvalue weighted by Crippen LogP contribution is -1.98. The summed E-state index contributed by atoms with van der Waals surface area (Å²) in [5.74, 6) is 0.142. The van der Waals surface area contributed by atoms with Crippen LogP contribution in [0.1, 0.15) is 23.6 Å². The van der Waals surface area contributed by atoms with E-state index in [0.29, 0.717) is 17.9 Å². The van der Waals surface area contributed by atoms with Crippen molar-refractivity contribution >= 4 is 5.76 Å². The van der Waals surface area contributed by atoms with E-state index in [2.05, 4.69) is 6.58 Å². The highest BCUT2D eigenvalue weighted by Gasteiger charge is 2.10. The van der Waals surface area contributed by atoms with Crippen molar-refractivity contribution in [2.75, 3.05) is 6.61 Å². The highest BCUT2D eigenvalue weighted by molar-refractivity contribution is 5.62. The standard InChI is InChI=1S/C12H15FO/c1-5-14-10(4)12-9(3)6-8(2)7-11(12)13/h6-7H,4-5H2,1-3H3. The second-order valence-electron chi connectivity index (χ2n) is 3.29. The molecule has 0 N–H and O–H groups in total. The molecule has 0 atom stereocenters. The number of benzene rings is 1. The minimum absolute atomic E-state index is 0.263. The van der Waals surface area contributed by atoms with E-state index in [9.17, 15) is 4.39 Å². The third kappa shape index (κ3) is 2.13. The smallest absolute Gasteiger partial charge is 0.134 e. The fourth-order valence-corrected chi connectivity index (χ4v) is 1.52. The van der Waals surface area contributed by atoms with Crippen LogP contribution >= 0.6 is 0 Å². The Labute approximate surface area is 84.2 Å². The normalized spacial score (nSPS) is 10.0. The second-order valence-corrected chi connectivity index (χ2v) is 3.29. The first-order valence-corrected chi connectivity index (χ1v) is 4.65. The number of aryl methyl sites for hydroxylation is 2. The molecular formula is C12H15FO. The molecule has 0 saturated carbocycles. The molecule has 0 saturated heterocycles. The van der Waals surface area contributed by atoms with Crippen LogP contribution in [0.25, 0.3) is 5.76 Å². The van der Waals surface area contributed by atoms with Gasteiger partial charge in [0.1, 0.15) is 11.6 Å². The maximum Gasteiger partial charge on any atom is 0.134 e. The van der Waals surface area contributed by atoms with Gasteiger partial charge >= 0.3 is 0 Å². The Balaban J connectivity index is 3.14. The van der Waals surface area contributed by atoms with Crippen LogP contribution in [0.3, 0.4) is 0 Å². The molecule has 0 radical (unpaired) electrons. The number of ether oxygens (including phenoxy) is 1. The Hall–Kier alpha value is -1.31. The molecule has 1 aromatic carbocycles. The summed E-state index contributed by atoms with van der Waals surface area (Å²) in [6.07, 6.45) is 0. The first kappa shape index (κ1) is 10.8. The minimum atomic E-state index is -0.263. The van der Waals surface area contributed by atoms with Crippen molar-refractivity contribution in [3.05, 3.63) is 41.2 Å². The molecule has 76 valence electrons. The molecule has 0 fully saturated rings. The Morgan fingerprint density at radius 3 is 2.57 bits per heavy atom. The summed E-state index contributed by atoms with van der Waals surface area (Å²) in [6, 6.07) is 3.41. The average molecular weight is 194 g/mol. The number of hydrogen-bond donors (Lipinski definition) is 0. The first-order valence-electron chi connectivity index (χ1n) is 4.65. The van der Waals surface area contributed by atoms with Crippen LogP contribution in [-0.2, 0) is 4.74 Å². The van der Waals surface area contributed by atoms with E-state index in [1.54, 1.807) is 0 Å². The second kappa shape index (κ2) is 4.27. The predicted molar refractivity (Wildman–Crippen MR) is 56.5 cm³/mol. The van der Waals surface area contributed by atoms with E-state index in [-0.39, 0.29) is 5.82 Å². The van der Waals surface area contributed by atoms with Crippen molar-refractivity contribution in [3.8, 4) is 0 Å². The molecule has 0 amide bonds. The zero-order valence-electron chi connectivity index (χ0n) is 8.86. The van der Waals surface area contributed by atoms with Crippen LogP contribution in [0.5, 0.6) is 0 Å². The minimum Gasteiger partial charge on any atom is -0.494 e. The van der Waals surface area contributed by atoms with Crippen molar-refractivity contribution in [1.82, 2.24) is 0 Å². The third-order valence-corrected chi connectivity index (χ3v) is 2.03. The highest BCUT2D eigenvalue weighted by Crippen LogP contribution is 2.23. The molecule has 0 aliphatic heterocycles. The Morgan fingerprint density at radius 1 is 1.43 bits per heavy atom. The van der Waals surface area contributed by atoms with Crippen LogP contribution in [-0.4, -0.2) is 6.61 Å². The fourth-order valence-electron chi connectivity index (χ4n) is 1.52. The zero-order chi connectivity index (χ0) is 10.7. The van der Waals surface area contributed by atoms with E-state index in [4.69, 9.17) is 4.74 Å². The zero-order valence-corrected chi connectivity index (χ0v) is 8.86. The molecule has 0 unspecified atom stereocenters. The number of hydrogen-bond acceptors (Lipinski definition) is 1. The Bertz CT molecular complexity index is 332. The molecule has 2 heteroatoms. The molecule has 0 aliphatic carbocycles. The molecule has 1 aromatic rings. The van der Waals surface area contributed by atoms with Crippen LogP contribution in [0.4, 0.5) is 4.39 Å². The van der Waals surface area contributed by atoms with Crippen molar-refractivity contribution in [2.45, 2.75) is 20.8 Å². The number of halogens is 1. The topological polar surface area (TPSA) is 9.23 Å². The largest absolute Gasteiger partial charge is 0.494 e. The monoisotopic (exact) mass is 194 g/mol. The lowest BCUT2D eigenvalue weighted by atomic mass is 10.0. The van der Waals surface area contributed by atoms with Crippen LogP contribution in [0, 0.1) is 19.7 Å². The summed E-state index contributed by atoms with van der Waals surface area (Å²) in [5.41, 5.74) is 2.26. The molecule has 0 spiro atoms. The van der Waals surface area contributed by atoms with Gasteiger partial charge in [-0.25, -0.2) is 4.39 Å². The average Bonchev–Trinajstić information content (AvgIpc) is 2.01. The Kier molecular flexibility index (Phi) is 3.28. The van der Waals surface area contributed by atoms with Gasteiger partial charge in [-0.15, -0.1) is 0 Å². The maximum absolute atomic E-state index is 13.5. The summed E-state index contributed by atoms with van der Waals surface area (Å²) >= 11 is 0. The van der Waals surface area contributed by atoms with Gasteiger partial charge in [0.15, 0.2) is 0 Å². The SMILES string of the molecule is C=C(OCC)c1c(C)cc(C)cc1F. The predicted octanol–water partition coefficient (Wildman–Crippen LogP) is 3.45. The van der Waals surface area contributed by atoms with Gasteiger partial charge in [0, 0.05) is 0 Å². The summed E-state index contributed by atoms with van der Waals surface area (Å²) < 4.78 is 18.7. The van der Waals surface area contributed by atoms with Crippen LogP contribution in [0.15, 0.2) is 18.7 Å². The Morgan fingerprint density at radius 2 is 2.07 bits per heavy atom. The molecule has 1 rings (SSSR count). The highest BCUT2D eigenvalue weighted by atomic mass is 19.1. The van der Waals surface area contributed by atoms with Gasteiger partial charge in [0.2, 0.25) is 0 Å². The maximum atomic E-state index is 13.5. The summed E-state index contributed by atoms with van der Waals surface area (Å²) in [4.78, 5) is 0. The van der Waals surface area contributed by atoms with Crippen molar-refractivity contribution in [3.63, 3.8) is 0 Å². The molecule has 0 aromatic heterocycles. The molecular weight excluding hydrogens is 179 g/mol. The summed E-state index contributed by atoms with van der Waals surface area (Å²) in [5, 5.41) is 0.